The van der Waals surface area contributed by atoms with Gasteiger partial charge in [-0.3, -0.25) is 8.78 Å². The highest BCUT2D eigenvalue weighted by Crippen LogP contribution is 2.23. The van der Waals surface area contributed by atoms with Gasteiger partial charge in [0.1, 0.15) is 11.3 Å². The molecule has 144 valence electrons. The van der Waals surface area contributed by atoms with Gasteiger partial charge < -0.3 is 15.3 Å². The molecule has 0 radical (unpaired) electrons. The summed E-state index contributed by atoms with van der Waals surface area (Å²) < 4.78 is 25.2. The summed E-state index contributed by atoms with van der Waals surface area (Å²) >= 11 is -2.16. The van der Waals surface area contributed by atoms with Crippen LogP contribution in [0.15, 0.2) is 10.9 Å². The molecule has 1 saturated heterocycles. The highest BCUT2D eigenvalue weighted by molar-refractivity contribution is 7.76. The van der Waals surface area contributed by atoms with Gasteiger partial charge in [0.15, 0.2) is 0 Å². The summed E-state index contributed by atoms with van der Waals surface area (Å²) in [4.78, 5) is 19.7. The number of nitrogens with one attached hydrogen (secondary N) is 1. The van der Waals surface area contributed by atoms with Gasteiger partial charge in [-0.15, -0.1) is 0 Å². The predicted octanol–water partition coefficient (Wildman–Crippen LogP) is 1.55. The Bertz CT molecular complexity index is 839. The van der Waals surface area contributed by atoms with E-state index in [-0.39, 0.29) is 11.6 Å². The number of fused-ring (bicyclic) bond motifs is 1. The van der Waals surface area contributed by atoms with E-state index in [9.17, 15) is 13.6 Å². The van der Waals surface area contributed by atoms with E-state index >= 15 is 0 Å². The maximum Gasteiger partial charge on any atom is 0.326 e. The fraction of sp³-hybridized carbons (Fsp3) is 0.647. The van der Waals surface area contributed by atoms with Crippen LogP contribution < -0.4 is 11.4 Å². The van der Waals surface area contributed by atoms with Crippen molar-refractivity contribution in [3.63, 3.8) is 0 Å². The van der Waals surface area contributed by atoms with Crippen molar-refractivity contribution >= 4 is 28.1 Å². The number of imidazole rings is 1. The summed E-state index contributed by atoms with van der Waals surface area (Å²) in [6.45, 7) is 3.73. The van der Waals surface area contributed by atoms with Crippen LogP contribution in [0.25, 0.3) is 11.0 Å². The number of anilines is 1. The number of hydrogen-bond donors (Lipinski definition) is 2. The van der Waals surface area contributed by atoms with Crippen molar-refractivity contribution in [1.29, 1.82) is 0 Å². The number of unbranched alkanes of at least 4 members (excludes halogenated alkanes) is 2. The first-order valence-corrected chi connectivity index (χ1v) is 10.2. The Morgan fingerprint density at radius 1 is 1.38 bits per heavy atom. The number of nitrogens with zero attached hydrogens (tertiary/aromatic N) is 3. The first kappa shape index (κ1) is 19.1. The van der Waals surface area contributed by atoms with Crippen LogP contribution >= 0.6 is 0 Å². The monoisotopic (exact) mass is 380 g/mol. The maximum atomic E-state index is 12.4. The molecule has 2 aromatic heterocycles. The van der Waals surface area contributed by atoms with Gasteiger partial charge in [-0.2, -0.15) is 0 Å². The Labute approximate surface area is 155 Å². The third-order valence-corrected chi connectivity index (χ3v) is 5.90. The summed E-state index contributed by atoms with van der Waals surface area (Å²) in [6, 6.07) is 1.96. The number of H-pyrrole nitrogens is 1. The van der Waals surface area contributed by atoms with Gasteiger partial charge in [0, 0.05) is 36.6 Å². The van der Waals surface area contributed by atoms with Crippen LogP contribution in [0.1, 0.15) is 44.7 Å². The van der Waals surface area contributed by atoms with E-state index in [4.69, 9.17) is 5.73 Å². The molecular weight excluding hydrogens is 354 g/mol. The summed E-state index contributed by atoms with van der Waals surface area (Å²) in [7, 11) is 0. The maximum absolute atomic E-state index is 12.4. The fourth-order valence-electron chi connectivity index (χ4n) is 3.59. The van der Waals surface area contributed by atoms with Gasteiger partial charge in [-0.05, 0) is 37.7 Å². The second kappa shape index (κ2) is 8.32. The van der Waals surface area contributed by atoms with Crippen molar-refractivity contribution < 1.29 is 8.76 Å². The van der Waals surface area contributed by atoms with Gasteiger partial charge in [0.2, 0.25) is 0 Å². The molecule has 0 aliphatic carbocycles. The third kappa shape index (κ3) is 4.16. The Morgan fingerprint density at radius 2 is 2.12 bits per heavy atom. The number of nitrogens with two attached hydrogens (primary N) is 1. The Kier molecular flexibility index (Phi) is 6.10. The summed E-state index contributed by atoms with van der Waals surface area (Å²) in [5.74, 6) is 0.630. The minimum Gasteiger partial charge on any atom is -0.760 e. The van der Waals surface area contributed by atoms with Gasteiger partial charge in [0.25, 0.3) is 0 Å². The minimum absolute atomic E-state index is 0.186. The van der Waals surface area contributed by atoms with E-state index in [0.717, 1.165) is 49.7 Å². The molecule has 1 aliphatic heterocycles. The van der Waals surface area contributed by atoms with Crippen LogP contribution in [-0.2, 0) is 24.2 Å². The smallest absolute Gasteiger partial charge is 0.326 e. The van der Waals surface area contributed by atoms with Crippen molar-refractivity contribution in [2.45, 2.75) is 52.0 Å². The molecule has 3 N–H and O–H groups in total. The second-order valence-corrected chi connectivity index (χ2v) is 7.93. The number of piperidine rings is 1. The Hall–Kier alpha value is -1.71. The lowest BCUT2D eigenvalue weighted by atomic mass is 9.98. The van der Waals surface area contributed by atoms with Crippen LogP contribution in [0, 0.1) is 5.92 Å². The zero-order chi connectivity index (χ0) is 18.7. The van der Waals surface area contributed by atoms with Crippen molar-refractivity contribution in [2.24, 2.45) is 5.92 Å². The molecule has 0 aromatic carbocycles. The molecule has 3 heterocycles. The van der Waals surface area contributed by atoms with Crippen molar-refractivity contribution in [2.75, 3.05) is 18.8 Å². The van der Waals surface area contributed by atoms with E-state index in [1.807, 2.05) is 6.07 Å². The van der Waals surface area contributed by atoms with Crippen LogP contribution in [0.3, 0.4) is 0 Å². The molecule has 1 aliphatic rings. The number of aromatic amines is 1. The summed E-state index contributed by atoms with van der Waals surface area (Å²) in [5.41, 5.74) is 8.17. The molecule has 1 atom stereocenters. The molecule has 0 spiro atoms. The molecule has 0 saturated carbocycles. The molecule has 1 fully saturated rings. The predicted molar refractivity (Wildman–Crippen MR) is 101 cm³/mol. The number of hydrogen-bond acceptors (Lipinski definition) is 5. The quantitative estimate of drug-likeness (QED) is 0.558. The Balaban J connectivity index is 1.80. The average Bonchev–Trinajstić information content (AvgIpc) is 2.92. The Morgan fingerprint density at radius 3 is 2.77 bits per heavy atom. The van der Waals surface area contributed by atoms with E-state index < -0.39 is 11.3 Å². The van der Waals surface area contributed by atoms with Crippen LogP contribution in [-0.4, -0.2) is 40.7 Å². The van der Waals surface area contributed by atoms with E-state index in [0.29, 0.717) is 31.0 Å². The SMILES string of the molecule is CCCCCc1cc2c([nH]c(=O)n2CC2CCN(S(=O)[O-])CC2)c(N)n1. The van der Waals surface area contributed by atoms with Crippen LogP contribution in [0.4, 0.5) is 5.82 Å². The van der Waals surface area contributed by atoms with E-state index in [1.54, 1.807) is 4.57 Å². The number of rotatable bonds is 7. The van der Waals surface area contributed by atoms with Gasteiger partial charge in [-0.1, -0.05) is 19.8 Å². The zero-order valence-electron chi connectivity index (χ0n) is 15.1. The van der Waals surface area contributed by atoms with Gasteiger partial charge in [0.05, 0.1) is 5.52 Å². The number of pyridine rings is 1. The van der Waals surface area contributed by atoms with Gasteiger partial charge in [-0.25, -0.2) is 14.1 Å². The lowest BCUT2D eigenvalue weighted by Crippen LogP contribution is -2.37. The molecule has 1 unspecified atom stereocenters. The lowest BCUT2D eigenvalue weighted by molar-refractivity contribution is 0.248. The molecule has 8 nitrogen and oxygen atoms in total. The average molecular weight is 380 g/mol. The van der Waals surface area contributed by atoms with E-state index in [2.05, 4.69) is 16.9 Å². The number of aromatic nitrogens is 3. The highest BCUT2D eigenvalue weighted by atomic mass is 32.2. The molecule has 26 heavy (non-hydrogen) atoms. The lowest BCUT2D eigenvalue weighted by Gasteiger charge is -2.32. The zero-order valence-corrected chi connectivity index (χ0v) is 15.9. The molecule has 3 rings (SSSR count). The summed E-state index contributed by atoms with van der Waals surface area (Å²) in [6.07, 6.45) is 5.67. The molecule has 0 bridgehead atoms. The molecular formula is C17H26N5O3S-. The first-order valence-electron chi connectivity index (χ1n) is 9.21. The fourth-order valence-corrected chi connectivity index (χ4v) is 4.10. The van der Waals surface area contributed by atoms with Crippen molar-refractivity contribution in [3.05, 3.63) is 22.2 Å². The summed E-state index contributed by atoms with van der Waals surface area (Å²) in [5, 5.41) is 0. The highest BCUT2D eigenvalue weighted by Gasteiger charge is 2.22. The van der Waals surface area contributed by atoms with Crippen molar-refractivity contribution in [1.82, 2.24) is 18.8 Å². The third-order valence-electron chi connectivity index (χ3n) is 5.11. The minimum atomic E-state index is -2.16. The number of aryl methyl sites for hydroxylation is 1. The molecule has 0 amide bonds. The normalized spacial score (nSPS) is 17.8. The largest absolute Gasteiger partial charge is 0.760 e. The first-order chi connectivity index (χ1) is 12.5. The van der Waals surface area contributed by atoms with Crippen LogP contribution in [0.2, 0.25) is 0 Å². The molecule has 9 heteroatoms. The molecule has 2 aromatic rings. The van der Waals surface area contributed by atoms with E-state index in [1.165, 1.54) is 4.31 Å². The van der Waals surface area contributed by atoms with Crippen LogP contribution in [0.5, 0.6) is 0 Å². The number of nitrogen functional groups attached to an aromatic ring is 1. The van der Waals surface area contributed by atoms with Gasteiger partial charge >= 0.3 is 5.69 Å². The van der Waals surface area contributed by atoms with Crippen molar-refractivity contribution in [3.8, 4) is 0 Å². The standard InChI is InChI=1S/C17H27N5O3S/c1-2-3-4-5-13-10-14-15(16(18)19-13)20-17(23)22(14)11-12-6-8-21(9-7-12)26(24)25/h10,12H,2-9,11H2,1H3,(H2,18,19)(H,20,23)(H,24,25)/p-1. The second-order valence-electron chi connectivity index (χ2n) is 6.98. The topological polar surface area (TPSA) is 120 Å².